The van der Waals surface area contributed by atoms with Crippen molar-refractivity contribution in [3.05, 3.63) is 21.8 Å². The summed E-state index contributed by atoms with van der Waals surface area (Å²) < 4.78 is 0.728. The summed E-state index contributed by atoms with van der Waals surface area (Å²) in [5, 5.41) is 0.539. The molecule has 2 N–H and O–H groups in total. The van der Waals surface area contributed by atoms with E-state index in [9.17, 15) is 4.79 Å². The SMILES string of the molecule is NCC1CC(=O)N(c2ncc(Cl)cc2Br)C1. The summed E-state index contributed by atoms with van der Waals surface area (Å²) in [6, 6.07) is 1.73. The van der Waals surface area contributed by atoms with Crippen molar-refractivity contribution in [2.75, 3.05) is 18.0 Å². The fourth-order valence-electron chi connectivity index (χ4n) is 1.75. The predicted molar refractivity (Wildman–Crippen MR) is 66.5 cm³/mol. The van der Waals surface area contributed by atoms with Crippen LogP contribution in [0, 0.1) is 5.92 Å². The highest BCUT2D eigenvalue weighted by Gasteiger charge is 2.31. The molecule has 1 aromatic rings. The van der Waals surface area contributed by atoms with Crippen molar-refractivity contribution in [3.8, 4) is 0 Å². The van der Waals surface area contributed by atoms with Crippen LogP contribution in [0.2, 0.25) is 5.02 Å². The van der Waals surface area contributed by atoms with E-state index in [0.717, 1.165) is 4.47 Å². The molecule has 0 spiro atoms. The standard InChI is InChI=1S/C10H11BrClN3O/c11-8-2-7(12)4-14-10(8)15-5-6(3-13)1-9(15)16/h2,4,6H,1,3,5,13H2. The number of anilines is 1. The highest BCUT2D eigenvalue weighted by molar-refractivity contribution is 9.10. The Morgan fingerprint density at radius 2 is 2.44 bits per heavy atom. The molecule has 6 heteroatoms. The van der Waals surface area contributed by atoms with Crippen molar-refractivity contribution >= 4 is 39.3 Å². The van der Waals surface area contributed by atoms with Gasteiger partial charge >= 0.3 is 0 Å². The lowest BCUT2D eigenvalue weighted by atomic mass is 10.1. The Hall–Kier alpha value is -0.650. The molecule has 1 unspecified atom stereocenters. The Kier molecular flexibility index (Phi) is 3.47. The lowest BCUT2D eigenvalue weighted by molar-refractivity contribution is -0.117. The van der Waals surface area contributed by atoms with E-state index in [0.29, 0.717) is 30.4 Å². The maximum atomic E-state index is 11.8. The van der Waals surface area contributed by atoms with Crippen LogP contribution < -0.4 is 10.6 Å². The van der Waals surface area contributed by atoms with Crippen LogP contribution in [0.3, 0.4) is 0 Å². The first kappa shape index (κ1) is 11.8. The maximum absolute atomic E-state index is 11.8. The van der Waals surface area contributed by atoms with Crippen LogP contribution in [0.1, 0.15) is 6.42 Å². The van der Waals surface area contributed by atoms with Gasteiger partial charge in [0.2, 0.25) is 5.91 Å². The van der Waals surface area contributed by atoms with Crippen molar-refractivity contribution in [3.63, 3.8) is 0 Å². The first-order chi connectivity index (χ1) is 7.61. The van der Waals surface area contributed by atoms with Gasteiger partial charge in [0.05, 0.1) is 9.50 Å². The average molecular weight is 305 g/mol. The molecule has 2 rings (SSSR count). The Morgan fingerprint density at radius 3 is 3.00 bits per heavy atom. The van der Waals surface area contributed by atoms with Gasteiger partial charge in [-0.2, -0.15) is 0 Å². The van der Waals surface area contributed by atoms with Gasteiger partial charge in [-0.15, -0.1) is 0 Å². The number of rotatable bonds is 2. The average Bonchev–Trinajstić information content (AvgIpc) is 2.60. The third kappa shape index (κ3) is 2.21. The van der Waals surface area contributed by atoms with Crippen LogP contribution in [0.4, 0.5) is 5.82 Å². The molecule has 0 radical (unpaired) electrons. The van der Waals surface area contributed by atoms with E-state index in [2.05, 4.69) is 20.9 Å². The number of aromatic nitrogens is 1. The zero-order valence-electron chi connectivity index (χ0n) is 8.49. The summed E-state index contributed by atoms with van der Waals surface area (Å²) in [7, 11) is 0. The van der Waals surface area contributed by atoms with Gasteiger partial charge in [0.25, 0.3) is 0 Å². The van der Waals surface area contributed by atoms with Crippen LogP contribution in [0.5, 0.6) is 0 Å². The molecule has 1 amide bonds. The minimum absolute atomic E-state index is 0.0611. The summed E-state index contributed by atoms with van der Waals surface area (Å²) >= 11 is 9.15. The van der Waals surface area contributed by atoms with Gasteiger partial charge < -0.3 is 5.73 Å². The Balaban J connectivity index is 2.28. The molecule has 1 saturated heterocycles. The van der Waals surface area contributed by atoms with Crippen LogP contribution >= 0.6 is 27.5 Å². The van der Waals surface area contributed by atoms with Crippen LogP contribution in [-0.4, -0.2) is 24.0 Å². The summed E-state index contributed by atoms with van der Waals surface area (Å²) in [6.45, 7) is 1.15. The molecule has 4 nitrogen and oxygen atoms in total. The van der Waals surface area contributed by atoms with Crippen LogP contribution in [0.15, 0.2) is 16.7 Å². The second kappa shape index (κ2) is 4.69. The molecule has 0 aliphatic carbocycles. The lowest BCUT2D eigenvalue weighted by Crippen LogP contribution is -2.26. The lowest BCUT2D eigenvalue weighted by Gasteiger charge is -2.16. The first-order valence-corrected chi connectivity index (χ1v) is 6.10. The number of nitrogens with zero attached hydrogens (tertiary/aromatic N) is 2. The molecule has 0 aromatic carbocycles. The second-order valence-electron chi connectivity index (χ2n) is 3.77. The molecule has 1 aromatic heterocycles. The van der Waals surface area contributed by atoms with E-state index in [1.807, 2.05) is 0 Å². The summed E-state index contributed by atoms with van der Waals surface area (Å²) in [6.07, 6.45) is 2.03. The molecule has 2 heterocycles. The van der Waals surface area contributed by atoms with Gasteiger partial charge in [-0.3, -0.25) is 9.69 Å². The molecule has 1 fully saturated rings. The predicted octanol–water partition coefficient (Wildman–Crippen LogP) is 1.81. The van der Waals surface area contributed by atoms with E-state index in [-0.39, 0.29) is 11.8 Å². The minimum atomic E-state index is 0.0611. The molecule has 1 atom stereocenters. The molecule has 16 heavy (non-hydrogen) atoms. The topological polar surface area (TPSA) is 59.2 Å². The summed E-state index contributed by atoms with van der Waals surface area (Å²) in [5.74, 6) is 0.896. The smallest absolute Gasteiger partial charge is 0.228 e. The van der Waals surface area contributed by atoms with Gasteiger partial charge in [0.15, 0.2) is 0 Å². The number of carbonyl (C=O) groups is 1. The molecule has 0 saturated carbocycles. The first-order valence-electron chi connectivity index (χ1n) is 4.93. The number of halogens is 2. The highest BCUT2D eigenvalue weighted by Crippen LogP contribution is 2.30. The summed E-state index contributed by atoms with van der Waals surface area (Å²) in [4.78, 5) is 17.6. The Labute approximate surface area is 107 Å². The van der Waals surface area contributed by atoms with Crippen molar-refractivity contribution in [1.29, 1.82) is 0 Å². The second-order valence-corrected chi connectivity index (χ2v) is 5.06. The molecular formula is C10H11BrClN3O. The van der Waals surface area contributed by atoms with Crippen molar-refractivity contribution < 1.29 is 4.79 Å². The van der Waals surface area contributed by atoms with E-state index in [1.165, 1.54) is 6.20 Å². The van der Waals surface area contributed by atoms with Crippen LogP contribution in [-0.2, 0) is 4.79 Å². The van der Waals surface area contributed by atoms with Gasteiger partial charge in [-0.05, 0) is 34.5 Å². The van der Waals surface area contributed by atoms with Crippen molar-refractivity contribution in [2.24, 2.45) is 11.7 Å². The maximum Gasteiger partial charge on any atom is 0.228 e. The third-order valence-electron chi connectivity index (χ3n) is 2.58. The number of amides is 1. The monoisotopic (exact) mass is 303 g/mol. The van der Waals surface area contributed by atoms with Gasteiger partial charge in [-0.25, -0.2) is 4.98 Å². The molecule has 0 bridgehead atoms. The van der Waals surface area contributed by atoms with E-state index < -0.39 is 0 Å². The highest BCUT2D eigenvalue weighted by atomic mass is 79.9. The normalized spacial score (nSPS) is 20.6. The van der Waals surface area contributed by atoms with Gasteiger partial charge in [-0.1, -0.05) is 11.6 Å². The minimum Gasteiger partial charge on any atom is -0.330 e. The van der Waals surface area contributed by atoms with Crippen LogP contribution in [0.25, 0.3) is 0 Å². The molecular weight excluding hydrogens is 293 g/mol. The van der Waals surface area contributed by atoms with Crippen molar-refractivity contribution in [2.45, 2.75) is 6.42 Å². The quantitative estimate of drug-likeness (QED) is 0.906. The summed E-state index contributed by atoms with van der Waals surface area (Å²) in [5.41, 5.74) is 5.57. The van der Waals surface area contributed by atoms with E-state index in [4.69, 9.17) is 17.3 Å². The fourth-order valence-corrected chi connectivity index (χ4v) is 2.60. The number of nitrogens with two attached hydrogens (primary N) is 1. The number of carbonyl (C=O) groups excluding carboxylic acids is 1. The van der Waals surface area contributed by atoms with E-state index in [1.54, 1.807) is 11.0 Å². The molecule has 1 aliphatic rings. The molecule has 86 valence electrons. The fraction of sp³-hybridized carbons (Fsp3) is 0.400. The number of pyridine rings is 1. The van der Waals surface area contributed by atoms with Gasteiger partial charge in [0, 0.05) is 19.2 Å². The Morgan fingerprint density at radius 1 is 1.69 bits per heavy atom. The zero-order valence-corrected chi connectivity index (χ0v) is 10.8. The zero-order chi connectivity index (χ0) is 11.7. The largest absolute Gasteiger partial charge is 0.330 e. The third-order valence-corrected chi connectivity index (χ3v) is 3.37. The number of hydrogen-bond donors (Lipinski definition) is 1. The molecule has 1 aliphatic heterocycles. The Bertz CT molecular complexity index is 427. The van der Waals surface area contributed by atoms with E-state index >= 15 is 0 Å². The van der Waals surface area contributed by atoms with Crippen molar-refractivity contribution in [1.82, 2.24) is 4.98 Å². The number of hydrogen-bond acceptors (Lipinski definition) is 3. The van der Waals surface area contributed by atoms with Gasteiger partial charge in [0.1, 0.15) is 5.82 Å².